The number of hydrogen-bond donors (Lipinski definition) is 2. The molecule has 0 saturated heterocycles. The maximum atomic E-state index is 6.03. The van der Waals surface area contributed by atoms with E-state index in [2.05, 4.69) is 31.2 Å². The van der Waals surface area contributed by atoms with Crippen molar-refractivity contribution in [1.29, 1.82) is 0 Å². The van der Waals surface area contributed by atoms with Gasteiger partial charge in [0, 0.05) is 0 Å². The van der Waals surface area contributed by atoms with Crippen LogP contribution in [-0.4, -0.2) is 5.66 Å². The number of unbranched alkanes of at least 4 members (excludes halogenated alkanes) is 1. The molecule has 1 aromatic carbocycles. The lowest BCUT2D eigenvalue weighted by molar-refractivity contribution is 0.367. The van der Waals surface area contributed by atoms with Crippen LogP contribution < -0.4 is 11.5 Å². The van der Waals surface area contributed by atoms with Gasteiger partial charge in [0.2, 0.25) is 0 Å². The van der Waals surface area contributed by atoms with Crippen molar-refractivity contribution in [3.63, 3.8) is 0 Å². The van der Waals surface area contributed by atoms with Gasteiger partial charge in [0.15, 0.2) is 0 Å². The summed E-state index contributed by atoms with van der Waals surface area (Å²) in [5.74, 6) is 0. The summed E-state index contributed by atoms with van der Waals surface area (Å²) < 4.78 is 0. The highest BCUT2D eigenvalue weighted by molar-refractivity contribution is 5.15. The molecule has 0 spiro atoms. The van der Waals surface area contributed by atoms with Crippen LogP contribution in [0.4, 0.5) is 0 Å². The van der Waals surface area contributed by atoms with Crippen molar-refractivity contribution in [2.75, 3.05) is 0 Å². The predicted octanol–water partition coefficient (Wildman–Crippen LogP) is 2.42. The van der Waals surface area contributed by atoms with E-state index in [1.54, 1.807) is 0 Å². The lowest BCUT2D eigenvalue weighted by Gasteiger charge is -2.24. The van der Waals surface area contributed by atoms with Crippen molar-refractivity contribution in [2.45, 2.75) is 44.7 Å². The van der Waals surface area contributed by atoms with E-state index in [1.165, 1.54) is 5.56 Å². The molecule has 2 nitrogen and oxygen atoms in total. The molecule has 0 radical (unpaired) electrons. The zero-order chi connectivity index (χ0) is 11.1. The Labute approximate surface area is 92.7 Å². The SMILES string of the molecule is CCCCC(N)(N)CCc1ccccc1. The Morgan fingerprint density at radius 2 is 1.73 bits per heavy atom. The van der Waals surface area contributed by atoms with E-state index in [0.29, 0.717) is 0 Å². The van der Waals surface area contributed by atoms with Crippen molar-refractivity contribution >= 4 is 0 Å². The maximum absolute atomic E-state index is 6.03. The summed E-state index contributed by atoms with van der Waals surface area (Å²) in [6.07, 6.45) is 5.01. The van der Waals surface area contributed by atoms with E-state index in [4.69, 9.17) is 11.5 Å². The van der Waals surface area contributed by atoms with Crippen LogP contribution in [-0.2, 0) is 6.42 Å². The van der Waals surface area contributed by atoms with E-state index >= 15 is 0 Å². The average Bonchev–Trinajstić information content (AvgIpc) is 2.25. The lowest BCUT2D eigenvalue weighted by Crippen LogP contribution is -2.49. The van der Waals surface area contributed by atoms with Crippen LogP contribution in [0.1, 0.15) is 38.2 Å². The minimum atomic E-state index is -0.494. The maximum Gasteiger partial charge on any atom is 0.0639 e. The quantitative estimate of drug-likeness (QED) is 0.702. The summed E-state index contributed by atoms with van der Waals surface area (Å²) >= 11 is 0. The monoisotopic (exact) mass is 206 g/mol. The van der Waals surface area contributed by atoms with E-state index in [-0.39, 0.29) is 0 Å². The standard InChI is InChI=1S/C13H22N2/c1-2-3-10-13(14,15)11-9-12-7-5-4-6-8-12/h4-8H,2-3,9-11,14-15H2,1H3. The van der Waals surface area contributed by atoms with Crippen LogP contribution in [0.25, 0.3) is 0 Å². The molecule has 0 amide bonds. The first-order valence-electron chi connectivity index (χ1n) is 5.76. The highest BCUT2D eigenvalue weighted by Gasteiger charge is 2.17. The molecule has 0 heterocycles. The van der Waals surface area contributed by atoms with Crippen molar-refractivity contribution in [3.05, 3.63) is 35.9 Å². The molecule has 0 aliphatic heterocycles. The highest BCUT2D eigenvalue weighted by atomic mass is 14.9. The molecule has 2 heteroatoms. The zero-order valence-corrected chi connectivity index (χ0v) is 9.58. The fourth-order valence-corrected chi connectivity index (χ4v) is 1.65. The topological polar surface area (TPSA) is 52.0 Å². The largest absolute Gasteiger partial charge is 0.313 e. The normalized spacial score (nSPS) is 11.7. The molecule has 1 rings (SSSR count). The highest BCUT2D eigenvalue weighted by Crippen LogP contribution is 2.13. The summed E-state index contributed by atoms with van der Waals surface area (Å²) in [5.41, 5.74) is 12.9. The lowest BCUT2D eigenvalue weighted by atomic mass is 9.96. The van der Waals surface area contributed by atoms with E-state index in [1.807, 2.05) is 6.07 Å². The van der Waals surface area contributed by atoms with E-state index < -0.39 is 5.66 Å². The molecule has 0 aliphatic carbocycles. The van der Waals surface area contributed by atoms with Crippen LogP contribution in [0.15, 0.2) is 30.3 Å². The molecular formula is C13H22N2. The van der Waals surface area contributed by atoms with Crippen LogP contribution in [0.3, 0.4) is 0 Å². The molecule has 0 saturated carbocycles. The Balaban J connectivity index is 2.35. The molecule has 4 N–H and O–H groups in total. The molecule has 0 aliphatic rings. The van der Waals surface area contributed by atoms with Gasteiger partial charge in [-0.15, -0.1) is 0 Å². The van der Waals surface area contributed by atoms with Gasteiger partial charge in [-0.05, 0) is 24.8 Å². The van der Waals surface area contributed by atoms with Gasteiger partial charge in [-0.25, -0.2) is 0 Å². The summed E-state index contributed by atoms with van der Waals surface area (Å²) in [5, 5.41) is 0. The third-order valence-corrected chi connectivity index (χ3v) is 2.72. The Hall–Kier alpha value is -0.860. The van der Waals surface area contributed by atoms with Crippen LogP contribution in [0.2, 0.25) is 0 Å². The second-order valence-electron chi connectivity index (χ2n) is 4.32. The Kier molecular flexibility index (Phi) is 4.79. The minimum Gasteiger partial charge on any atom is -0.313 e. The summed E-state index contributed by atoms with van der Waals surface area (Å²) in [6.45, 7) is 2.16. The predicted molar refractivity (Wildman–Crippen MR) is 65.4 cm³/mol. The summed E-state index contributed by atoms with van der Waals surface area (Å²) in [4.78, 5) is 0. The number of nitrogens with two attached hydrogens (primary N) is 2. The molecule has 0 atom stereocenters. The molecular weight excluding hydrogens is 184 g/mol. The Morgan fingerprint density at radius 3 is 2.33 bits per heavy atom. The summed E-state index contributed by atoms with van der Waals surface area (Å²) in [7, 11) is 0. The first kappa shape index (κ1) is 12.2. The minimum absolute atomic E-state index is 0.494. The number of benzene rings is 1. The van der Waals surface area contributed by atoms with Gasteiger partial charge < -0.3 is 11.5 Å². The van der Waals surface area contributed by atoms with Gasteiger partial charge >= 0.3 is 0 Å². The van der Waals surface area contributed by atoms with Gasteiger partial charge in [-0.3, -0.25) is 0 Å². The molecule has 0 bridgehead atoms. The van der Waals surface area contributed by atoms with Gasteiger partial charge in [-0.2, -0.15) is 0 Å². The molecule has 0 fully saturated rings. The van der Waals surface area contributed by atoms with Gasteiger partial charge in [0.05, 0.1) is 5.66 Å². The van der Waals surface area contributed by atoms with Crippen LogP contribution in [0.5, 0.6) is 0 Å². The van der Waals surface area contributed by atoms with Gasteiger partial charge in [0.25, 0.3) is 0 Å². The first-order chi connectivity index (χ1) is 7.14. The molecule has 0 aromatic heterocycles. The zero-order valence-electron chi connectivity index (χ0n) is 9.58. The third-order valence-electron chi connectivity index (χ3n) is 2.72. The van der Waals surface area contributed by atoms with Crippen LogP contribution >= 0.6 is 0 Å². The number of rotatable bonds is 6. The smallest absolute Gasteiger partial charge is 0.0639 e. The van der Waals surface area contributed by atoms with Crippen molar-refractivity contribution in [1.82, 2.24) is 0 Å². The average molecular weight is 206 g/mol. The van der Waals surface area contributed by atoms with Crippen LogP contribution in [0, 0.1) is 0 Å². The third kappa shape index (κ3) is 4.96. The number of hydrogen-bond acceptors (Lipinski definition) is 2. The van der Waals surface area contributed by atoms with Gasteiger partial charge in [0.1, 0.15) is 0 Å². The Bertz CT molecular complexity index is 267. The van der Waals surface area contributed by atoms with E-state index in [0.717, 1.165) is 32.1 Å². The summed E-state index contributed by atoms with van der Waals surface area (Å²) in [6, 6.07) is 10.4. The molecule has 1 aromatic rings. The Morgan fingerprint density at radius 1 is 1.07 bits per heavy atom. The van der Waals surface area contributed by atoms with Crippen molar-refractivity contribution in [3.8, 4) is 0 Å². The second-order valence-corrected chi connectivity index (χ2v) is 4.32. The fourth-order valence-electron chi connectivity index (χ4n) is 1.65. The van der Waals surface area contributed by atoms with Crippen molar-refractivity contribution in [2.24, 2.45) is 11.5 Å². The second kappa shape index (κ2) is 5.89. The van der Waals surface area contributed by atoms with Crippen molar-refractivity contribution < 1.29 is 0 Å². The molecule has 0 unspecified atom stereocenters. The van der Waals surface area contributed by atoms with E-state index in [9.17, 15) is 0 Å². The number of aryl methyl sites for hydroxylation is 1. The first-order valence-corrected chi connectivity index (χ1v) is 5.76. The van der Waals surface area contributed by atoms with Gasteiger partial charge in [-0.1, -0.05) is 50.1 Å². The molecule has 15 heavy (non-hydrogen) atoms. The fraction of sp³-hybridized carbons (Fsp3) is 0.538. The molecule has 84 valence electrons.